The molecule has 0 aliphatic carbocycles. The molecule has 9 nitrogen and oxygen atoms in total. The van der Waals surface area contributed by atoms with E-state index in [1.165, 1.54) is 12.1 Å². The summed E-state index contributed by atoms with van der Waals surface area (Å²) in [6.45, 7) is 5.01. The summed E-state index contributed by atoms with van der Waals surface area (Å²) < 4.78 is 9.84. The van der Waals surface area contributed by atoms with E-state index in [4.69, 9.17) is 14.1 Å². The topological polar surface area (TPSA) is 116 Å². The molecule has 1 aromatic heterocycles. The van der Waals surface area contributed by atoms with Gasteiger partial charge in [-0.1, -0.05) is 22.4 Å². The van der Waals surface area contributed by atoms with Gasteiger partial charge < -0.3 is 14.1 Å². The van der Waals surface area contributed by atoms with Crippen LogP contribution in [0.4, 0.5) is 0 Å². The highest BCUT2D eigenvalue weighted by molar-refractivity contribution is 6.21. The second kappa shape index (κ2) is 6.10. The molecule has 0 unspecified atom stereocenters. The zero-order valence-corrected chi connectivity index (χ0v) is 14.1. The molecule has 0 fully saturated rings. The maximum absolute atomic E-state index is 12.2. The van der Waals surface area contributed by atoms with Gasteiger partial charge in [0, 0.05) is 6.07 Å². The van der Waals surface area contributed by atoms with Crippen molar-refractivity contribution < 1.29 is 33.3 Å². The lowest BCUT2D eigenvalue weighted by Gasteiger charge is -2.18. The first-order valence-electron chi connectivity index (χ1n) is 7.57. The van der Waals surface area contributed by atoms with Crippen LogP contribution in [0, 0.1) is 0 Å². The maximum atomic E-state index is 12.2. The van der Waals surface area contributed by atoms with Crippen LogP contribution in [-0.4, -0.2) is 39.6 Å². The first kappa shape index (κ1) is 17.3. The van der Waals surface area contributed by atoms with Crippen LogP contribution >= 0.6 is 0 Å². The SMILES string of the molecule is CC(C)(C)OC(=O)c1cc(C(=O)ON2C(=O)c3ccccc3C2=O)on1. The van der Waals surface area contributed by atoms with E-state index in [0.717, 1.165) is 6.07 Å². The third-order valence-corrected chi connectivity index (χ3v) is 3.25. The average Bonchev–Trinajstić information content (AvgIpc) is 3.14. The molecule has 26 heavy (non-hydrogen) atoms. The van der Waals surface area contributed by atoms with Crippen LogP contribution in [-0.2, 0) is 9.57 Å². The van der Waals surface area contributed by atoms with Crippen LogP contribution in [0.2, 0.25) is 0 Å². The Balaban J connectivity index is 1.73. The zero-order chi connectivity index (χ0) is 19.1. The molecule has 0 saturated heterocycles. The number of benzene rings is 1. The van der Waals surface area contributed by atoms with E-state index in [0.29, 0.717) is 5.06 Å². The van der Waals surface area contributed by atoms with E-state index in [1.807, 2.05) is 0 Å². The van der Waals surface area contributed by atoms with Gasteiger partial charge >= 0.3 is 11.9 Å². The fraction of sp³-hybridized carbons (Fsp3) is 0.235. The third kappa shape index (κ3) is 3.18. The number of carbonyl (C=O) groups is 4. The number of rotatable bonds is 3. The van der Waals surface area contributed by atoms with Gasteiger partial charge in [-0.05, 0) is 32.9 Å². The first-order valence-corrected chi connectivity index (χ1v) is 7.57. The van der Waals surface area contributed by atoms with Crippen molar-refractivity contribution >= 4 is 23.8 Å². The lowest BCUT2D eigenvalue weighted by Crippen LogP contribution is -2.32. The van der Waals surface area contributed by atoms with E-state index in [9.17, 15) is 19.2 Å². The molecule has 1 aliphatic heterocycles. The fourth-order valence-corrected chi connectivity index (χ4v) is 2.18. The Morgan fingerprint density at radius 3 is 2.15 bits per heavy atom. The summed E-state index contributed by atoms with van der Waals surface area (Å²) in [6, 6.07) is 7.06. The Morgan fingerprint density at radius 1 is 1.04 bits per heavy atom. The molecule has 2 amide bonds. The number of hydrogen-bond acceptors (Lipinski definition) is 8. The van der Waals surface area contributed by atoms with Gasteiger partial charge in [0.2, 0.25) is 5.76 Å². The van der Waals surface area contributed by atoms with E-state index < -0.39 is 35.1 Å². The van der Waals surface area contributed by atoms with Crippen molar-refractivity contribution in [3.8, 4) is 0 Å². The summed E-state index contributed by atoms with van der Waals surface area (Å²) in [5.74, 6) is -3.94. The van der Waals surface area contributed by atoms with Gasteiger partial charge in [0.15, 0.2) is 5.69 Å². The van der Waals surface area contributed by atoms with Gasteiger partial charge in [0.1, 0.15) is 5.60 Å². The van der Waals surface area contributed by atoms with Gasteiger partial charge in [-0.25, -0.2) is 9.59 Å². The first-order chi connectivity index (χ1) is 12.2. The van der Waals surface area contributed by atoms with Gasteiger partial charge in [-0.15, -0.1) is 0 Å². The molecule has 134 valence electrons. The smallest absolute Gasteiger partial charge is 0.401 e. The van der Waals surface area contributed by atoms with Crippen molar-refractivity contribution in [2.75, 3.05) is 0 Å². The number of ether oxygens (including phenoxy) is 1. The van der Waals surface area contributed by atoms with Gasteiger partial charge in [0.25, 0.3) is 11.8 Å². The second-order valence-electron chi connectivity index (χ2n) is 6.41. The average molecular weight is 358 g/mol. The molecule has 2 heterocycles. The highest BCUT2D eigenvalue weighted by Gasteiger charge is 2.39. The monoisotopic (exact) mass is 358 g/mol. The van der Waals surface area contributed by atoms with Crippen molar-refractivity contribution in [2.45, 2.75) is 26.4 Å². The number of imide groups is 1. The second-order valence-corrected chi connectivity index (χ2v) is 6.41. The molecule has 0 spiro atoms. The molecule has 3 rings (SSSR count). The van der Waals surface area contributed by atoms with Crippen LogP contribution < -0.4 is 0 Å². The Morgan fingerprint density at radius 2 is 1.62 bits per heavy atom. The quantitative estimate of drug-likeness (QED) is 0.604. The van der Waals surface area contributed by atoms with Crippen molar-refractivity contribution in [1.82, 2.24) is 10.2 Å². The van der Waals surface area contributed by atoms with E-state index in [1.54, 1.807) is 32.9 Å². The highest BCUT2D eigenvalue weighted by atomic mass is 16.7. The normalized spacial score (nSPS) is 13.6. The summed E-state index contributed by atoms with van der Waals surface area (Å²) >= 11 is 0. The molecule has 2 aromatic rings. The Bertz CT molecular complexity index is 888. The minimum Gasteiger partial charge on any atom is -0.455 e. The number of carbonyl (C=O) groups excluding carboxylic acids is 4. The van der Waals surface area contributed by atoms with Gasteiger partial charge in [-0.2, -0.15) is 0 Å². The predicted molar refractivity (Wildman–Crippen MR) is 84.0 cm³/mol. The number of esters is 1. The van der Waals surface area contributed by atoms with Crippen molar-refractivity contribution in [3.63, 3.8) is 0 Å². The zero-order valence-electron chi connectivity index (χ0n) is 14.1. The lowest BCUT2D eigenvalue weighted by molar-refractivity contribution is -0.0607. The number of nitrogens with zero attached hydrogens (tertiary/aromatic N) is 2. The standard InChI is InChI=1S/C17H14N2O7/c1-17(2,3)24-15(22)11-8-12(25-18-11)16(23)26-19-13(20)9-6-4-5-7-10(9)14(19)21/h4-8H,1-3H3. The van der Waals surface area contributed by atoms with Crippen molar-refractivity contribution in [1.29, 1.82) is 0 Å². The minimum atomic E-state index is -1.15. The molecule has 0 atom stereocenters. The molecule has 0 radical (unpaired) electrons. The Hall–Kier alpha value is -3.49. The third-order valence-electron chi connectivity index (χ3n) is 3.25. The van der Waals surface area contributed by atoms with Crippen LogP contribution in [0.1, 0.15) is 62.5 Å². The van der Waals surface area contributed by atoms with Crippen molar-refractivity contribution in [2.24, 2.45) is 0 Å². The maximum Gasteiger partial charge on any atom is 0.401 e. The number of amides is 2. The molecule has 0 bridgehead atoms. The molecule has 1 aliphatic rings. The number of hydroxylamine groups is 2. The number of aromatic nitrogens is 1. The molecule has 0 saturated carbocycles. The molecule has 9 heteroatoms. The number of fused-ring (bicyclic) bond motifs is 1. The molecule has 1 aromatic carbocycles. The Kier molecular flexibility index (Phi) is 4.07. The van der Waals surface area contributed by atoms with E-state index >= 15 is 0 Å². The van der Waals surface area contributed by atoms with Crippen LogP contribution in [0.5, 0.6) is 0 Å². The van der Waals surface area contributed by atoms with Crippen molar-refractivity contribution in [3.05, 3.63) is 52.9 Å². The van der Waals surface area contributed by atoms with Crippen LogP contribution in [0.25, 0.3) is 0 Å². The summed E-state index contributed by atoms with van der Waals surface area (Å²) in [5, 5.41) is 3.77. The Labute approximate surface area is 147 Å². The summed E-state index contributed by atoms with van der Waals surface area (Å²) in [4.78, 5) is 53.1. The van der Waals surface area contributed by atoms with E-state index in [2.05, 4.69) is 5.16 Å². The molecule has 0 N–H and O–H groups in total. The van der Waals surface area contributed by atoms with Crippen LogP contribution in [0.3, 0.4) is 0 Å². The van der Waals surface area contributed by atoms with Crippen LogP contribution in [0.15, 0.2) is 34.9 Å². The molecular weight excluding hydrogens is 344 g/mol. The van der Waals surface area contributed by atoms with E-state index in [-0.39, 0.29) is 16.8 Å². The summed E-state index contributed by atoms with van der Waals surface area (Å²) in [5.41, 5.74) is -0.750. The molecular formula is C17H14N2O7. The highest BCUT2D eigenvalue weighted by Crippen LogP contribution is 2.23. The number of hydrogen-bond donors (Lipinski definition) is 0. The summed E-state index contributed by atoms with van der Waals surface area (Å²) in [7, 11) is 0. The predicted octanol–water partition coefficient (Wildman–Crippen LogP) is 2.00. The lowest BCUT2D eigenvalue weighted by atomic mass is 10.1. The van der Waals surface area contributed by atoms with Gasteiger partial charge in [0.05, 0.1) is 11.1 Å². The largest absolute Gasteiger partial charge is 0.455 e. The summed E-state index contributed by atoms with van der Waals surface area (Å²) in [6.07, 6.45) is 0. The van der Waals surface area contributed by atoms with Gasteiger partial charge in [-0.3, -0.25) is 9.59 Å². The minimum absolute atomic E-state index is 0.123. The fourth-order valence-electron chi connectivity index (χ4n) is 2.18.